The maximum atomic E-state index is 11.0. The van der Waals surface area contributed by atoms with E-state index in [4.69, 9.17) is 5.73 Å². The minimum absolute atomic E-state index is 0.0260. The lowest BCUT2D eigenvalue weighted by molar-refractivity contribution is -0.123. The molecule has 0 heterocycles. The summed E-state index contributed by atoms with van der Waals surface area (Å²) in [6.45, 7) is 4.40. The summed E-state index contributed by atoms with van der Waals surface area (Å²) in [7, 11) is 0. The lowest BCUT2D eigenvalue weighted by Crippen LogP contribution is -2.33. The number of nitrogens with two attached hydrogens (primary N) is 1. The first-order chi connectivity index (χ1) is 4.63. The fourth-order valence-corrected chi connectivity index (χ4v) is 1.15. The van der Waals surface area contributed by atoms with Crippen molar-refractivity contribution in [2.24, 2.45) is 17.6 Å². The third-order valence-corrected chi connectivity index (χ3v) is 2.02. The molecule has 0 radical (unpaired) electrons. The molecule has 0 bridgehead atoms. The number of hydrogen-bond acceptors (Lipinski definition) is 2. The number of halogens is 1. The molecule has 60 valence electrons. The quantitative estimate of drug-likeness (QED) is 0.576. The summed E-state index contributed by atoms with van der Waals surface area (Å²) in [6.07, 6.45) is 0. The standard InChI is InChI=1S/C6H13IN2O/c1-4(2)5(3-8)6(10)9-7/h4-5H,3,8H2,1-2H3,(H,9,10). The van der Waals surface area contributed by atoms with Gasteiger partial charge in [0.2, 0.25) is 5.91 Å². The molecule has 0 spiro atoms. The molecule has 0 saturated carbocycles. The molecular formula is C6H13IN2O. The maximum absolute atomic E-state index is 11.0. The van der Waals surface area contributed by atoms with Crippen LogP contribution in [0.4, 0.5) is 0 Å². The van der Waals surface area contributed by atoms with Crippen molar-refractivity contribution in [2.45, 2.75) is 13.8 Å². The average molecular weight is 256 g/mol. The van der Waals surface area contributed by atoms with Crippen LogP contribution >= 0.6 is 22.9 Å². The second-order valence-electron chi connectivity index (χ2n) is 2.54. The molecule has 0 rings (SSSR count). The minimum Gasteiger partial charge on any atom is -0.330 e. The van der Waals surface area contributed by atoms with E-state index < -0.39 is 0 Å². The van der Waals surface area contributed by atoms with E-state index in [1.54, 1.807) is 0 Å². The Morgan fingerprint density at radius 1 is 1.70 bits per heavy atom. The first kappa shape index (κ1) is 10.2. The van der Waals surface area contributed by atoms with E-state index in [0.717, 1.165) is 0 Å². The zero-order valence-electron chi connectivity index (χ0n) is 6.23. The van der Waals surface area contributed by atoms with Crippen LogP contribution in [0, 0.1) is 11.8 Å². The lowest BCUT2D eigenvalue weighted by Gasteiger charge is -2.15. The number of carbonyl (C=O) groups is 1. The van der Waals surface area contributed by atoms with Gasteiger partial charge in [0.15, 0.2) is 0 Å². The van der Waals surface area contributed by atoms with Crippen molar-refractivity contribution in [1.29, 1.82) is 0 Å². The van der Waals surface area contributed by atoms with Crippen LogP contribution in [0.5, 0.6) is 0 Å². The number of amides is 1. The van der Waals surface area contributed by atoms with Crippen molar-refractivity contribution in [1.82, 2.24) is 3.53 Å². The molecule has 0 aliphatic carbocycles. The molecule has 4 heteroatoms. The largest absolute Gasteiger partial charge is 0.330 e. The van der Waals surface area contributed by atoms with Crippen molar-refractivity contribution in [3.63, 3.8) is 0 Å². The van der Waals surface area contributed by atoms with E-state index in [0.29, 0.717) is 12.5 Å². The normalized spacial score (nSPS) is 13.3. The highest BCUT2D eigenvalue weighted by atomic mass is 127. The molecule has 1 atom stereocenters. The van der Waals surface area contributed by atoms with Crippen LogP contribution in [0.25, 0.3) is 0 Å². The zero-order valence-corrected chi connectivity index (χ0v) is 8.38. The maximum Gasteiger partial charge on any atom is 0.233 e. The zero-order chi connectivity index (χ0) is 8.15. The topological polar surface area (TPSA) is 55.1 Å². The summed E-state index contributed by atoms with van der Waals surface area (Å²) in [5.41, 5.74) is 5.39. The summed E-state index contributed by atoms with van der Waals surface area (Å²) in [4.78, 5) is 11.0. The lowest BCUT2D eigenvalue weighted by atomic mass is 9.96. The average Bonchev–Trinajstić information content (AvgIpc) is 1.88. The van der Waals surface area contributed by atoms with Crippen molar-refractivity contribution >= 4 is 28.8 Å². The Balaban J connectivity index is 3.93. The molecule has 0 aromatic heterocycles. The highest BCUT2D eigenvalue weighted by Crippen LogP contribution is 2.09. The van der Waals surface area contributed by atoms with Gasteiger partial charge in [-0.05, 0) is 5.92 Å². The molecule has 0 aromatic carbocycles. The minimum atomic E-state index is -0.0445. The Bertz CT molecular complexity index is 116. The van der Waals surface area contributed by atoms with E-state index >= 15 is 0 Å². The smallest absolute Gasteiger partial charge is 0.233 e. The first-order valence-electron chi connectivity index (χ1n) is 3.24. The van der Waals surface area contributed by atoms with E-state index in [-0.39, 0.29) is 11.8 Å². The van der Waals surface area contributed by atoms with Gasteiger partial charge in [-0.3, -0.25) is 8.32 Å². The Hall–Kier alpha value is 0.160. The van der Waals surface area contributed by atoms with Gasteiger partial charge in [-0.25, -0.2) is 0 Å². The van der Waals surface area contributed by atoms with Gasteiger partial charge in [0.25, 0.3) is 0 Å². The molecule has 0 aromatic rings. The van der Waals surface area contributed by atoms with Gasteiger partial charge >= 0.3 is 0 Å². The van der Waals surface area contributed by atoms with Crippen molar-refractivity contribution in [3.05, 3.63) is 0 Å². The monoisotopic (exact) mass is 256 g/mol. The van der Waals surface area contributed by atoms with E-state index in [2.05, 4.69) is 3.53 Å². The number of carbonyl (C=O) groups excluding carboxylic acids is 1. The molecule has 3 nitrogen and oxygen atoms in total. The molecule has 1 unspecified atom stereocenters. The molecule has 3 N–H and O–H groups in total. The second-order valence-corrected chi connectivity index (χ2v) is 3.08. The molecule has 0 fully saturated rings. The van der Waals surface area contributed by atoms with Gasteiger partial charge < -0.3 is 5.73 Å². The number of rotatable bonds is 3. The Labute approximate surface area is 75.2 Å². The third-order valence-electron chi connectivity index (χ3n) is 1.49. The number of hydrogen-bond donors (Lipinski definition) is 2. The third kappa shape index (κ3) is 2.83. The van der Waals surface area contributed by atoms with E-state index in [1.165, 1.54) is 0 Å². The van der Waals surface area contributed by atoms with Crippen molar-refractivity contribution < 1.29 is 4.79 Å². The predicted octanol–water partition coefficient (Wildman–Crippen LogP) is 0.684. The van der Waals surface area contributed by atoms with Gasteiger partial charge in [0.1, 0.15) is 0 Å². The van der Waals surface area contributed by atoms with Crippen LogP contribution in [0.1, 0.15) is 13.8 Å². The van der Waals surface area contributed by atoms with Crippen LogP contribution in [0.15, 0.2) is 0 Å². The van der Waals surface area contributed by atoms with Crippen LogP contribution in [0.3, 0.4) is 0 Å². The van der Waals surface area contributed by atoms with Crippen LogP contribution in [-0.2, 0) is 4.79 Å². The molecule has 10 heavy (non-hydrogen) atoms. The van der Waals surface area contributed by atoms with Gasteiger partial charge in [-0.1, -0.05) is 13.8 Å². The Morgan fingerprint density at radius 3 is 2.30 bits per heavy atom. The van der Waals surface area contributed by atoms with E-state index in [9.17, 15) is 4.79 Å². The molecule has 0 saturated heterocycles. The fraction of sp³-hybridized carbons (Fsp3) is 0.833. The van der Waals surface area contributed by atoms with Crippen molar-refractivity contribution in [3.8, 4) is 0 Å². The first-order valence-corrected chi connectivity index (χ1v) is 4.32. The Morgan fingerprint density at radius 2 is 2.20 bits per heavy atom. The fourth-order valence-electron chi connectivity index (χ4n) is 0.752. The molecule has 0 aliphatic rings. The summed E-state index contributed by atoms with van der Waals surface area (Å²) >= 11 is 1.83. The Kier molecular flexibility index (Phi) is 4.98. The second kappa shape index (κ2) is 4.90. The van der Waals surface area contributed by atoms with Gasteiger partial charge in [-0.15, -0.1) is 0 Å². The summed E-state index contributed by atoms with van der Waals surface area (Å²) in [6, 6.07) is 0. The molecular weight excluding hydrogens is 243 g/mol. The van der Waals surface area contributed by atoms with Crippen molar-refractivity contribution in [2.75, 3.05) is 6.54 Å². The van der Waals surface area contributed by atoms with Crippen LogP contribution < -0.4 is 9.26 Å². The number of nitrogens with one attached hydrogen (secondary N) is 1. The highest BCUT2D eigenvalue weighted by molar-refractivity contribution is 14.1. The van der Waals surface area contributed by atoms with Gasteiger partial charge in [0, 0.05) is 6.54 Å². The van der Waals surface area contributed by atoms with Gasteiger partial charge in [-0.2, -0.15) is 0 Å². The predicted molar refractivity (Wildman–Crippen MR) is 49.5 cm³/mol. The van der Waals surface area contributed by atoms with Crippen LogP contribution in [0.2, 0.25) is 0 Å². The van der Waals surface area contributed by atoms with E-state index in [1.807, 2.05) is 36.7 Å². The SMILES string of the molecule is CC(C)C(CN)C(=O)NI. The molecule has 0 aliphatic heterocycles. The summed E-state index contributed by atoms with van der Waals surface area (Å²) in [5.74, 6) is 0.301. The summed E-state index contributed by atoms with van der Waals surface area (Å²) < 4.78 is 2.55. The van der Waals surface area contributed by atoms with Gasteiger partial charge in [0.05, 0.1) is 28.8 Å². The molecule has 1 amide bonds. The highest BCUT2D eigenvalue weighted by Gasteiger charge is 2.18. The van der Waals surface area contributed by atoms with Crippen LogP contribution in [-0.4, -0.2) is 12.5 Å². The summed E-state index contributed by atoms with van der Waals surface area (Å²) in [5, 5.41) is 0.